The Balaban J connectivity index is 1.34. The summed E-state index contributed by atoms with van der Waals surface area (Å²) in [6.07, 6.45) is -16.2. The van der Waals surface area contributed by atoms with Crippen molar-refractivity contribution >= 4 is 11.0 Å². The van der Waals surface area contributed by atoms with Crippen LogP contribution in [0.4, 0.5) is 0 Å². The van der Waals surface area contributed by atoms with Gasteiger partial charge in [0.1, 0.15) is 82.8 Å². The van der Waals surface area contributed by atoms with Crippen molar-refractivity contribution in [1.29, 1.82) is 0 Å². The highest BCUT2D eigenvalue weighted by atomic mass is 16.7. The van der Waals surface area contributed by atoms with Crippen molar-refractivity contribution in [2.45, 2.75) is 61.4 Å². The Morgan fingerprint density at radius 3 is 2.02 bits per heavy atom. The van der Waals surface area contributed by atoms with Crippen molar-refractivity contribution in [1.82, 2.24) is 0 Å². The molecular formula is C27H30O15. The number of aromatic hydroxyl groups is 2. The van der Waals surface area contributed by atoms with Crippen LogP contribution >= 0.6 is 0 Å². The third-order valence-corrected chi connectivity index (χ3v) is 7.13. The van der Waals surface area contributed by atoms with E-state index in [-0.39, 0.29) is 28.2 Å². The Morgan fingerprint density at radius 2 is 1.36 bits per heavy atom. The first-order valence-corrected chi connectivity index (χ1v) is 12.9. The molecule has 15 heteroatoms. The number of hydrogen-bond acceptors (Lipinski definition) is 15. The number of aliphatic hydroxyl groups is 7. The number of fused-ring (bicyclic) bond motifs is 1. The fourth-order valence-corrected chi connectivity index (χ4v) is 4.76. The highest BCUT2D eigenvalue weighted by molar-refractivity contribution is 5.86. The van der Waals surface area contributed by atoms with Crippen LogP contribution in [0.1, 0.15) is 0 Å². The molecule has 0 aliphatic carbocycles. The maximum Gasteiger partial charge on any atom is 0.229 e. The van der Waals surface area contributed by atoms with E-state index in [0.29, 0.717) is 5.56 Å². The molecule has 2 saturated heterocycles. The second kappa shape index (κ2) is 12.1. The number of aliphatic hydroxyl groups excluding tert-OH is 7. The molecule has 42 heavy (non-hydrogen) atoms. The van der Waals surface area contributed by atoms with Gasteiger partial charge in [0.05, 0.1) is 13.2 Å². The first-order chi connectivity index (χ1) is 20.0. The van der Waals surface area contributed by atoms with Gasteiger partial charge in [-0.2, -0.15) is 0 Å². The minimum atomic E-state index is -1.81. The fourth-order valence-electron chi connectivity index (χ4n) is 4.76. The highest BCUT2D eigenvalue weighted by Gasteiger charge is 2.48. The largest absolute Gasteiger partial charge is 0.508 e. The molecule has 2 aliphatic rings. The van der Waals surface area contributed by atoms with Gasteiger partial charge in [0.25, 0.3) is 0 Å². The number of benzene rings is 2. The summed E-state index contributed by atoms with van der Waals surface area (Å²) in [5.74, 6) is -0.526. The molecule has 2 fully saturated rings. The molecule has 0 unspecified atom stereocenters. The lowest BCUT2D eigenvalue weighted by Gasteiger charge is -2.42. The third kappa shape index (κ3) is 5.80. The van der Waals surface area contributed by atoms with Gasteiger partial charge in [0, 0.05) is 23.8 Å². The second-order valence-electron chi connectivity index (χ2n) is 10.0. The number of ether oxygens (including phenoxy) is 4. The molecule has 1 aromatic heterocycles. The average Bonchev–Trinajstić information content (AvgIpc) is 2.96. The van der Waals surface area contributed by atoms with Gasteiger partial charge in [0.2, 0.25) is 6.29 Å². The summed E-state index contributed by atoms with van der Waals surface area (Å²) >= 11 is 0. The van der Waals surface area contributed by atoms with Crippen LogP contribution in [0, 0.1) is 0 Å². The zero-order valence-electron chi connectivity index (χ0n) is 21.7. The first kappa shape index (κ1) is 30.1. The zero-order valence-corrected chi connectivity index (χ0v) is 21.7. The van der Waals surface area contributed by atoms with E-state index in [1.54, 1.807) is 0 Å². The van der Waals surface area contributed by atoms with Gasteiger partial charge in [-0.05, 0) is 24.3 Å². The summed E-state index contributed by atoms with van der Waals surface area (Å²) < 4.78 is 27.7. The monoisotopic (exact) mass is 594 g/mol. The zero-order chi connectivity index (χ0) is 30.3. The van der Waals surface area contributed by atoms with Crippen LogP contribution in [0.25, 0.3) is 22.3 Å². The quantitative estimate of drug-likeness (QED) is 0.142. The molecule has 228 valence electrons. The van der Waals surface area contributed by atoms with Crippen molar-refractivity contribution in [3.05, 3.63) is 52.7 Å². The third-order valence-electron chi connectivity index (χ3n) is 7.13. The summed E-state index contributed by atoms with van der Waals surface area (Å²) in [5, 5.41) is 90.6. The van der Waals surface area contributed by atoms with Crippen LogP contribution in [-0.2, 0) is 14.2 Å². The molecule has 15 nitrogen and oxygen atoms in total. The van der Waals surface area contributed by atoms with Gasteiger partial charge in [-0.25, -0.2) is 0 Å². The molecular weight excluding hydrogens is 564 g/mol. The summed E-state index contributed by atoms with van der Waals surface area (Å²) in [6.45, 7) is -1.26. The van der Waals surface area contributed by atoms with Crippen LogP contribution in [0.3, 0.4) is 0 Å². The summed E-state index contributed by atoms with van der Waals surface area (Å²) in [6, 6.07) is 9.31. The highest BCUT2D eigenvalue weighted by Crippen LogP contribution is 2.34. The molecule has 0 amide bonds. The molecule has 3 heterocycles. The van der Waals surface area contributed by atoms with E-state index in [4.69, 9.17) is 23.4 Å². The Labute approximate surface area is 236 Å². The Kier molecular flexibility index (Phi) is 8.68. The van der Waals surface area contributed by atoms with Gasteiger partial charge in [0.15, 0.2) is 11.7 Å². The van der Waals surface area contributed by atoms with Gasteiger partial charge < -0.3 is 69.3 Å². The topological polar surface area (TPSA) is 249 Å². The van der Waals surface area contributed by atoms with E-state index in [9.17, 15) is 50.8 Å². The van der Waals surface area contributed by atoms with Crippen LogP contribution in [0.2, 0.25) is 0 Å². The number of phenols is 2. The van der Waals surface area contributed by atoms with Gasteiger partial charge in [-0.1, -0.05) is 0 Å². The molecule has 0 saturated carbocycles. The predicted octanol–water partition coefficient (Wildman–Crippen LogP) is -2.13. The maximum absolute atomic E-state index is 12.7. The lowest BCUT2D eigenvalue weighted by molar-refractivity contribution is -0.323. The lowest BCUT2D eigenvalue weighted by atomic mass is 9.98. The SMILES string of the molecule is O=c1cc(-c2ccc(O)cc2)oc2cc(O[C@@H]3O[C@H](CO[C@@H]4O[C@H](CO)[C@@H](O)[C@H](O)[C@H]4O)[C@@H](O)[C@H](O)[C@H]3O)cc(O)c12. The van der Waals surface area contributed by atoms with E-state index in [1.807, 2.05) is 0 Å². The normalized spacial score (nSPS) is 33.5. The second-order valence-corrected chi connectivity index (χ2v) is 10.0. The van der Waals surface area contributed by atoms with E-state index >= 15 is 0 Å². The molecule has 10 atom stereocenters. The minimum absolute atomic E-state index is 0.00505. The number of hydrogen-bond donors (Lipinski definition) is 9. The van der Waals surface area contributed by atoms with Crippen LogP contribution in [0.5, 0.6) is 17.2 Å². The molecule has 9 N–H and O–H groups in total. The predicted molar refractivity (Wildman–Crippen MR) is 138 cm³/mol. The Hall–Kier alpha value is -3.35. The molecule has 0 bridgehead atoms. The molecule has 5 rings (SSSR count). The van der Waals surface area contributed by atoms with Crippen LogP contribution in [0.15, 0.2) is 51.7 Å². The van der Waals surface area contributed by atoms with E-state index < -0.39 is 85.8 Å². The van der Waals surface area contributed by atoms with Crippen molar-refractivity contribution in [3.8, 4) is 28.6 Å². The van der Waals surface area contributed by atoms with Crippen LogP contribution < -0.4 is 10.2 Å². The van der Waals surface area contributed by atoms with Crippen molar-refractivity contribution < 1.29 is 69.3 Å². The summed E-state index contributed by atoms with van der Waals surface area (Å²) in [5.41, 5.74) is -0.196. The van der Waals surface area contributed by atoms with Crippen LogP contribution in [-0.4, -0.2) is 121 Å². The van der Waals surface area contributed by atoms with Gasteiger partial charge >= 0.3 is 0 Å². The average molecular weight is 595 g/mol. The Bertz CT molecular complexity index is 1440. The van der Waals surface area contributed by atoms with Crippen molar-refractivity contribution in [2.75, 3.05) is 13.2 Å². The van der Waals surface area contributed by atoms with Crippen molar-refractivity contribution in [2.24, 2.45) is 0 Å². The molecule has 2 aromatic carbocycles. The first-order valence-electron chi connectivity index (χ1n) is 12.9. The molecule has 0 spiro atoms. The minimum Gasteiger partial charge on any atom is -0.508 e. The van der Waals surface area contributed by atoms with Crippen molar-refractivity contribution in [3.63, 3.8) is 0 Å². The molecule has 3 aromatic rings. The number of phenolic OH excluding ortho intramolecular Hbond substituents is 2. The smallest absolute Gasteiger partial charge is 0.229 e. The Morgan fingerprint density at radius 1 is 0.738 bits per heavy atom. The molecule has 0 radical (unpaired) electrons. The standard InChI is InChI=1S/C27H30O15/c28-8-17-20(32)22(34)24(36)26(41-17)38-9-18-21(33)23(35)25(37)27(42-18)39-12-5-13(30)19-14(31)7-15(40-16(19)6-12)10-1-3-11(29)4-2-10/h1-7,17-18,20-30,32-37H,8-9H2/t17-,18-,20-,21-,22+,23+,24-,25-,26-,27-/m1/s1. The summed E-state index contributed by atoms with van der Waals surface area (Å²) in [4.78, 5) is 12.7. The number of rotatable bonds is 7. The molecule has 2 aliphatic heterocycles. The van der Waals surface area contributed by atoms with E-state index in [1.165, 1.54) is 36.4 Å². The summed E-state index contributed by atoms with van der Waals surface area (Å²) in [7, 11) is 0. The van der Waals surface area contributed by atoms with E-state index in [2.05, 4.69) is 0 Å². The lowest BCUT2D eigenvalue weighted by Crippen LogP contribution is -2.62. The van der Waals surface area contributed by atoms with Gasteiger partial charge in [-0.15, -0.1) is 0 Å². The van der Waals surface area contributed by atoms with E-state index in [0.717, 1.165) is 6.07 Å². The maximum atomic E-state index is 12.7. The van der Waals surface area contributed by atoms with Gasteiger partial charge in [-0.3, -0.25) is 4.79 Å². The fraction of sp³-hybridized carbons (Fsp3) is 0.444.